The molecule has 2 aromatic carbocycles. The zero-order valence-electron chi connectivity index (χ0n) is 20.9. The highest BCUT2D eigenvalue weighted by Crippen LogP contribution is 2.35. The molecule has 1 aliphatic heterocycles. The average Bonchev–Trinajstić information content (AvgIpc) is 3.63. The van der Waals surface area contributed by atoms with Gasteiger partial charge < -0.3 is 9.64 Å². The van der Waals surface area contributed by atoms with Gasteiger partial charge in [-0.25, -0.2) is 9.97 Å². The summed E-state index contributed by atoms with van der Waals surface area (Å²) in [6.07, 6.45) is 1.75. The molecule has 1 fully saturated rings. The molecule has 0 saturated carbocycles. The molecule has 2 amide bonds. The fraction of sp³-hybridized carbons (Fsp3) is 0.185. The molecule has 0 atom stereocenters. The Morgan fingerprint density at radius 2 is 1.72 bits per heavy atom. The lowest BCUT2D eigenvalue weighted by atomic mass is 10.1. The number of hydrazine groups is 1. The van der Waals surface area contributed by atoms with Crippen molar-refractivity contribution in [2.45, 2.75) is 6.92 Å². The molecule has 0 radical (unpaired) electrons. The quantitative estimate of drug-likeness (QED) is 0.227. The Morgan fingerprint density at radius 1 is 0.974 bits per heavy atom. The van der Waals surface area contributed by atoms with Crippen molar-refractivity contribution in [3.8, 4) is 11.4 Å². The molecule has 11 nitrogen and oxygen atoms in total. The Morgan fingerprint density at radius 3 is 2.49 bits per heavy atom. The van der Waals surface area contributed by atoms with Gasteiger partial charge in [0.1, 0.15) is 0 Å². The van der Waals surface area contributed by atoms with Crippen molar-refractivity contribution in [1.82, 2.24) is 31.0 Å². The Hall–Kier alpha value is -4.68. The fourth-order valence-corrected chi connectivity index (χ4v) is 5.41. The molecule has 4 heterocycles. The maximum atomic E-state index is 13.0. The van der Waals surface area contributed by atoms with Gasteiger partial charge in [0, 0.05) is 35.2 Å². The number of rotatable bonds is 5. The van der Waals surface area contributed by atoms with Crippen LogP contribution in [-0.4, -0.2) is 64.1 Å². The number of Topliss-reactive ketones (excluding diaryl/α,β-unsaturated/α-hetero) is 1. The van der Waals surface area contributed by atoms with E-state index < -0.39 is 11.8 Å². The Labute approximate surface area is 226 Å². The molecule has 0 unspecified atom stereocenters. The second kappa shape index (κ2) is 10.2. The molecule has 1 saturated heterocycles. The lowest BCUT2D eigenvalue weighted by Gasteiger charge is -2.28. The molecule has 3 N–H and O–H groups in total. The Bertz CT molecular complexity index is 1720. The topological polar surface area (TPSA) is 142 Å². The second-order valence-corrected chi connectivity index (χ2v) is 10.0. The molecule has 196 valence electrons. The maximum absolute atomic E-state index is 13.0. The summed E-state index contributed by atoms with van der Waals surface area (Å²) in [4.78, 5) is 49.3. The first-order valence-electron chi connectivity index (χ1n) is 12.3. The SMILES string of the molecule is CC(=O)c1ccc(C(=O)NNC(=O)c2cc3nc(-c4cccc5[nH]ncc45)nc(N4CCOCC4)c3s2)cc1. The number of hydrogen-bond donors (Lipinski definition) is 3. The van der Waals surface area contributed by atoms with Gasteiger partial charge in [-0.3, -0.25) is 30.3 Å². The summed E-state index contributed by atoms with van der Waals surface area (Å²) in [6, 6.07) is 13.7. The number of ketones is 1. The van der Waals surface area contributed by atoms with Crippen molar-refractivity contribution in [3.63, 3.8) is 0 Å². The van der Waals surface area contributed by atoms with Crippen LogP contribution in [0.25, 0.3) is 32.5 Å². The largest absolute Gasteiger partial charge is 0.378 e. The first-order valence-corrected chi connectivity index (χ1v) is 13.1. The normalized spacial score (nSPS) is 13.5. The van der Waals surface area contributed by atoms with Crippen LogP contribution in [0.4, 0.5) is 5.82 Å². The van der Waals surface area contributed by atoms with E-state index in [1.165, 1.54) is 30.4 Å². The number of hydrogen-bond acceptors (Lipinski definition) is 9. The van der Waals surface area contributed by atoms with Crippen LogP contribution in [0, 0.1) is 0 Å². The first-order chi connectivity index (χ1) is 19.0. The Kier molecular flexibility index (Phi) is 6.47. The third-order valence-electron chi connectivity index (χ3n) is 6.46. The first kappa shape index (κ1) is 24.6. The van der Waals surface area contributed by atoms with Crippen LogP contribution < -0.4 is 15.8 Å². The molecule has 39 heavy (non-hydrogen) atoms. The van der Waals surface area contributed by atoms with Crippen LogP contribution in [0.1, 0.15) is 37.3 Å². The van der Waals surface area contributed by atoms with Crippen LogP contribution in [0.3, 0.4) is 0 Å². The van der Waals surface area contributed by atoms with Crippen molar-refractivity contribution in [2.24, 2.45) is 0 Å². The number of nitrogens with one attached hydrogen (secondary N) is 3. The Balaban J connectivity index is 1.30. The van der Waals surface area contributed by atoms with Crippen molar-refractivity contribution in [1.29, 1.82) is 0 Å². The van der Waals surface area contributed by atoms with E-state index in [1.54, 1.807) is 24.4 Å². The molecule has 0 spiro atoms. The van der Waals surface area contributed by atoms with Gasteiger partial charge in [-0.1, -0.05) is 24.3 Å². The number of carbonyl (C=O) groups is 3. The molecule has 1 aliphatic rings. The number of benzene rings is 2. The lowest BCUT2D eigenvalue weighted by Crippen LogP contribution is -2.41. The summed E-state index contributed by atoms with van der Waals surface area (Å²) in [5.41, 5.74) is 8.06. The summed E-state index contributed by atoms with van der Waals surface area (Å²) in [5.74, 6) is 0.201. The minimum absolute atomic E-state index is 0.0934. The van der Waals surface area contributed by atoms with Crippen molar-refractivity contribution in [3.05, 3.63) is 70.7 Å². The van der Waals surface area contributed by atoms with E-state index in [4.69, 9.17) is 14.7 Å². The van der Waals surface area contributed by atoms with E-state index in [9.17, 15) is 14.4 Å². The fourth-order valence-electron chi connectivity index (χ4n) is 4.40. The average molecular weight is 542 g/mol. The number of H-pyrrole nitrogens is 1. The summed E-state index contributed by atoms with van der Waals surface area (Å²) in [6.45, 7) is 3.95. The van der Waals surface area contributed by atoms with Crippen LogP contribution in [0.2, 0.25) is 0 Å². The van der Waals surface area contributed by atoms with Gasteiger partial charge in [0.2, 0.25) is 0 Å². The molecule has 0 aliphatic carbocycles. The number of amides is 2. The standard InChI is InChI=1S/C27H23N7O4S/c1-15(35)16-5-7-17(8-6-16)26(36)32-33-27(37)22-13-21-23(39-22)25(34-9-11-38-12-10-34)30-24(29-21)18-3-2-4-20-19(18)14-28-31-20/h2-8,13-14H,9-12H2,1H3,(H,28,31)(H,32,36)(H,33,37). The molecule has 5 aromatic rings. The third kappa shape index (κ3) is 4.82. The molecular formula is C27H23N7O4S. The molecule has 12 heteroatoms. The second-order valence-electron chi connectivity index (χ2n) is 8.97. The summed E-state index contributed by atoms with van der Waals surface area (Å²) >= 11 is 1.26. The lowest BCUT2D eigenvalue weighted by molar-refractivity contribution is 0.0849. The van der Waals surface area contributed by atoms with Gasteiger partial charge in [-0.2, -0.15) is 5.10 Å². The van der Waals surface area contributed by atoms with Gasteiger partial charge in [-0.15, -0.1) is 11.3 Å². The van der Waals surface area contributed by atoms with E-state index in [2.05, 4.69) is 25.9 Å². The van der Waals surface area contributed by atoms with E-state index in [0.29, 0.717) is 53.6 Å². The van der Waals surface area contributed by atoms with Crippen LogP contribution in [0.5, 0.6) is 0 Å². The maximum Gasteiger partial charge on any atom is 0.279 e. The summed E-state index contributed by atoms with van der Waals surface area (Å²) in [5, 5.41) is 8.02. The van der Waals surface area contributed by atoms with Crippen molar-refractivity contribution in [2.75, 3.05) is 31.2 Å². The van der Waals surface area contributed by atoms with E-state index in [0.717, 1.165) is 27.0 Å². The summed E-state index contributed by atoms with van der Waals surface area (Å²) in [7, 11) is 0. The van der Waals surface area contributed by atoms with Gasteiger partial charge in [0.15, 0.2) is 17.4 Å². The predicted molar refractivity (Wildman–Crippen MR) is 147 cm³/mol. The minimum atomic E-state index is -0.496. The number of fused-ring (bicyclic) bond motifs is 2. The van der Waals surface area contributed by atoms with Gasteiger partial charge >= 0.3 is 0 Å². The molecular weight excluding hydrogens is 518 g/mol. The number of thiophene rings is 1. The van der Waals surface area contributed by atoms with Crippen LogP contribution in [0.15, 0.2) is 54.7 Å². The number of anilines is 1. The smallest absolute Gasteiger partial charge is 0.279 e. The monoisotopic (exact) mass is 541 g/mol. The summed E-state index contributed by atoms with van der Waals surface area (Å²) < 4.78 is 6.31. The number of morpholine rings is 1. The predicted octanol–water partition coefficient (Wildman–Crippen LogP) is 3.35. The zero-order chi connectivity index (χ0) is 26.9. The minimum Gasteiger partial charge on any atom is -0.378 e. The number of aromatic nitrogens is 4. The molecule has 0 bridgehead atoms. The zero-order valence-corrected chi connectivity index (χ0v) is 21.7. The highest BCUT2D eigenvalue weighted by molar-refractivity contribution is 7.21. The van der Waals surface area contributed by atoms with Crippen LogP contribution >= 0.6 is 11.3 Å². The number of aromatic amines is 1. The molecule has 3 aromatic heterocycles. The number of nitrogens with zero attached hydrogens (tertiary/aromatic N) is 4. The van der Waals surface area contributed by atoms with Gasteiger partial charge in [0.05, 0.1) is 40.0 Å². The van der Waals surface area contributed by atoms with Crippen LogP contribution in [-0.2, 0) is 4.74 Å². The molecule has 6 rings (SSSR count). The number of ether oxygens (including phenoxy) is 1. The van der Waals surface area contributed by atoms with E-state index in [1.807, 2.05) is 18.2 Å². The van der Waals surface area contributed by atoms with Crippen molar-refractivity contribution >= 4 is 55.9 Å². The van der Waals surface area contributed by atoms with E-state index in [-0.39, 0.29) is 5.78 Å². The van der Waals surface area contributed by atoms with Gasteiger partial charge in [0.25, 0.3) is 11.8 Å². The number of carbonyl (C=O) groups excluding carboxylic acids is 3. The highest BCUT2D eigenvalue weighted by Gasteiger charge is 2.23. The highest BCUT2D eigenvalue weighted by atomic mass is 32.1. The third-order valence-corrected chi connectivity index (χ3v) is 7.58. The van der Waals surface area contributed by atoms with Gasteiger partial charge in [-0.05, 0) is 31.2 Å². The van der Waals surface area contributed by atoms with E-state index >= 15 is 0 Å². The van der Waals surface area contributed by atoms with Crippen molar-refractivity contribution < 1.29 is 19.1 Å².